The molecule has 2 aromatic heterocycles. The Morgan fingerprint density at radius 2 is 2.11 bits per heavy atom. The quantitative estimate of drug-likeness (QED) is 0.859. The van der Waals surface area contributed by atoms with E-state index in [1.165, 1.54) is 0 Å². The molecule has 6 nitrogen and oxygen atoms in total. The lowest BCUT2D eigenvalue weighted by atomic mass is 10.2. The lowest BCUT2D eigenvalue weighted by molar-refractivity contribution is 0.0957. The minimum absolute atomic E-state index is 0.250. The summed E-state index contributed by atoms with van der Waals surface area (Å²) in [6, 6.07) is 7.25. The first-order chi connectivity index (χ1) is 9.20. The Morgan fingerprint density at radius 3 is 2.74 bits per heavy atom. The van der Waals surface area contributed by atoms with Crippen LogP contribution in [-0.4, -0.2) is 28.1 Å². The molecule has 0 unspecified atom stereocenters. The summed E-state index contributed by atoms with van der Waals surface area (Å²) in [5.74, 6) is 0.359. The second kappa shape index (κ2) is 5.90. The summed E-state index contributed by atoms with van der Waals surface area (Å²) in [7, 11) is 1.56. The molecule has 98 valence electrons. The van der Waals surface area contributed by atoms with Crippen molar-refractivity contribution in [2.45, 2.75) is 13.5 Å². The number of nitrogens with zero attached hydrogens (tertiary/aromatic N) is 3. The van der Waals surface area contributed by atoms with Crippen molar-refractivity contribution in [3.63, 3.8) is 0 Å². The Labute approximate surface area is 111 Å². The predicted molar refractivity (Wildman–Crippen MR) is 71.7 cm³/mol. The van der Waals surface area contributed by atoms with Gasteiger partial charge in [0.1, 0.15) is 5.82 Å². The van der Waals surface area contributed by atoms with Gasteiger partial charge in [0.2, 0.25) is 0 Å². The van der Waals surface area contributed by atoms with Crippen LogP contribution < -0.4 is 10.6 Å². The Hall–Kier alpha value is -2.50. The number of aryl methyl sites for hydroxylation is 1. The highest BCUT2D eigenvalue weighted by Crippen LogP contribution is 2.07. The van der Waals surface area contributed by atoms with Crippen LogP contribution in [0.1, 0.15) is 21.7 Å². The van der Waals surface area contributed by atoms with E-state index in [1.54, 1.807) is 25.4 Å². The fraction of sp³-hybridized carbons (Fsp3) is 0.231. The van der Waals surface area contributed by atoms with Gasteiger partial charge < -0.3 is 10.6 Å². The zero-order chi connectivity index (χ0) is 13.7. The van der Waals surface area contributed by atoms with Gasteiger partial charge >= 0.3 is 0 Å². The van der Waals surface area contributed by atoms with Crippen molar-refractivity contribution in [1.82, 2.24) is 20.5 Å². The van der Waals surface area contributed by atoms with E-state index < -0.39 is 0 Å². The molecule has 2 N–H and O–H groups in total. The van der Waals surface area contributed by atoms with Crippen molar-refractivity contribution in [2.24, 2.45) is 0 Å². The molecule has 0 atom stereocenters. The van der Waals surface area contributed by atoms with Crippen molar-refractivity contribution in [1.29, 1.82) is 0 Å². The van der Waals surface area contributed by atoms with Gasteiger partial charge in [-0.25, -0.2) is 0 Å². The Balaban J connectivity index is 2.01. The smallest absolute Gasteiger partial charge is 0.271 e. The first-order valence-electron chi connectivity index (χ1n) is 5.91. The van der Waals surface area contributed by atoms with E-state index in [2.05, 4.69) is 25.8 Å². The number of anilines is 1. The van der Waals surface area contributed by atoms with Crippen LogP contribution in [0, 0.1) is 6.92 Å². The Bertz CT molecular complexity index is 568. The summed E-state index contributed by atoms with van der Waals surface area (Å²) in [5, 5.41) is 13.4. The molecule has 0 aliphatic rings. The van der Waals surface area contributed by atoms with Crippen molar-refractivity contribution in [3.05, 3.63) is 47.4 Å². The van der Waals surface area contributed by atoms with E-state index >= 15 is 0 Å². The van der Waals surface area contributed by atoms with Crippen molar-refractivity contribution in [3.8, 4) is 0 Å². The minimum atomic E-state index is -0.250. The standard InChI is InChI=1S/C13H15N5O/c1-9-4-3-7-15-11(9)8-16-12-6-5-10(17-18-12)13(19)14-2/h3-7H,8H2,1-2H3,(H,14,19)(H,16,18). The lowest BCUT2D eigenvalue weighted by Gasteiger charge is -2.07. The summed E-state index contributed by atoms with van der Waals surface area (Å²) >= 11 is 0. The van der Waals surface area contributed by atoms with Crippen molar-refractivity contribution < 1.29 is 4.79 Å². The summed E-state index contributed by atoms with van der Waals surface area (Å²) in [6.07, 6.45) is 1.75. The van der Waals surface area contributed by atoms with Crippen LogP contribution in [0.4, 0.5) is 5.82 Å². The predicted octanol–water partition coefficient (Wildman–Crippen LogP) is 1.15. The summed E-state index contributed by atoms with van der Waals surface area (Å²) in [5.41, 5.74) is 2.37. The van der Waals surface area contributed by atoms with Crippen molar-refractivity contribution in [2.75, 3.05) is 12.4 Å². The van der Waals surface area contributed by atoms with Gasteiger partial charge in [0, 0.05) is 13.2 Å². The molecule has 0 spiro atoms. The topological polar surface area (TPSA) is 79.8 Å². The van der Waals surface area contributed by atoms with Gasteiger partial charge in [-0.2, -0.15) is 0 Å². The molecule has 0 saturated heterocycles. The van der Waals surface area contributed by atoms with E-state index in [1.807, 2.05) is 19.1 Å². The van der Waals surface area contributed by atoms with E-state index in [4.69, 9.17) is 0 Å². The van der Waals surface area contributed by atoms with Gasteiger partial charge in [0.25, 0.3) is 5.91 Å². The minimum Gasteiger partial charge on any atom is -0.363 e. The highest BCUT2D eigenvalue weighted by atomic mass is 16.1. The maximum Gasteiger partial charge on any atom is 0.271 e. The van der Waals surface area contributed by atoms with Gasteiger partial charge in [-0.15, -0.1) is 10.2 Å². The SMILES string of the molecule is CNC(=O)c1ccc(NCc2ncccc2C)nn1. The van der Waals surface area contributed by atoms with Gasteiger partial charge in [-0.1, -0.05) is 6.07 Å². The van der Waals surface area contributed by atoms with E-state index in [0.29, 0.717) is 18.1 Å². The first kappa shape index (κ1) is 12.9. The molecule has 0 saturated carbocycles. The molecule has 2 rings (SSSR count). The number of carbonyl (C=O) groups is 1. The maximum atomic E-state index is 11.3. The third kappa shape index (κ3) is 3.25. The third-order valence-electron chi connectivity index (χ3n) is 2.68. The number of pyridine rings is 1. The number of hydrogen-bond donors (Lipinski definition) is 2. The first-order valence-corrected chi connectivity index (χ1v) is 5.91. The normalized spacial score (nSPS) is 10.0. The molecule has 0 aromatic carbocycles. The molecule has 0 radical (unpaired) electrons. The molecular formula is C13H15N5O. The van der Waals surface area contributed by atoms with Gasteiger partial charge in [0.05, 0.1) is 12.2 Å². The fourth-order valence-electron chi connectivity index (χ4n) is 1.55. The second-order valence-electron chi connectivity index (χ2n) is 4.00. The van der Waals surface area contributed by atoms with Crippen LogP contribution in [0.3, 0.4) is 0 Å². The monoisotopic (exact) mass is 257 g/mol. The molecule has 6 heteroatoms. The number of aromatic nitrogens is 3. The summed E-state index contributed by atoms with van der Waals surface area (Å²) in [6.45, 7) is 2.57. The molecule has 0 aliphatic heterocycles. The highest BCUT2D eigenvalue weighted by molar-refractivity contribution is 5.91. The van der Waals surface area contributed by atoms with E-state index in [9.17, 15) is 4.79 Å². The zero-order valence-electron chi connectivity index (χ0n) is 10.8. The Kier molecular flexibility index (Phi) is 4.02. The molecule has 2 aromatic rings. The molecule has 1 amide bonds. The maximum absolute atomic E-state index is 11.3. The van der Waals surface area contributed by atoms with Crippen LogP contribution in [0.5, 0.6) is 0 Å². The van der Waals surface area contributed by atoms with Gasteiger partial charge in [-0.3, -0.25) is 9.78 Å². The summed E-state index contributed by atoms with van der Waals surface area (Å²) < 4.78 is 0. The number of amides is 1. The summed E-state index contributed by atoms with van der Waals surface area (Å²) in [4.78, 5) is 15.6. The fourth-order valence-corrected chi connectivity index (χ4v) is 1.55. The number of rotatable bonds is 4. The van der Waals surface area contributed by atoms with Gasteiger partial charge in [-0.05, 0) is 30.7 Å². The second-order valence-corrected chi connectivity index (χ2v) is 4.00. The third-order valence-corrected chi connectivity index (χ3v) is 2.68. The number of nitrogens with one attached hydrogen (secondary N) is 2. The number of hydrogen-bond acceptors (Lipinski definition) is 5. The molecule has 19 heavy (non-hydrogen) atoms. The van der Waals surface area contributed by atoms with E-state index in [0.717, 1.165) is 11.3 Å². The molecule has 0 fully saturated rings. The molecule has 0 bridgehead atoms. The van der Waals surface area contributed by atoms with E-state index in [-0.39, 0.29) is 5.91 Å². The molecule has 2 heterocycles. The van der Waals surface area contributed by atoms with Crippen LogP contribution in [0.15, 0.2) is 30.5 Å². The van der Waals surface area contributed by atoms with Gasteiger partial charge in [0.15, 0.2) is 5.69 Å². The lowest BCUT2D eigenvalue weighted by Crippen LogP contribution is -2.19. The number of carbonyl (C=O) groups excluding carboxylic acids is 1. The average molecular weight is 257 g/mol. The largest absolute Gasteiger partial charge is 0.363 e. The van der Waals surface area contributed by atoms with Crippen LogP contribution in [0.25, 0.3) is 0 Å². The van der Waals surface area contributed by atoms with Crippen LogP contribution in [-0.2, 0) is 6.54 Å². The molecular weight excluding hydrogens is 242 g/mol. The molecule has 0 aliphatic carbocycles. The highest BCUT2D eigenvalue weighted by Gasteiger charge is 2.05. The van der Waals surface area contributed by atoms with Crippen molar-refractivity contribution >= 4 is 11.7 Å². The average Bonchev–Trinajstić information content (AvgIpc) is 2.46. The van der Waals surface area contributed by atoms with Crippen LogP contribution in [0.2, 0.25) is 0 Å². The van der Waals surface area contributed by atoms with Crippen LogP contribution >= 0.6 is 0 Å². The zero-order valence-corrected chi connectivity index (χ0v) is 10.8. The Morgan fingerprint density at radius 1 is 1.26 bits per heavy atom.